The van der Waals surface area contributed by atoms with Gasteiger partial charge in [-0.15, -0.1) is 0 Å². The van der Waals surface area contributed by atoms with Crippen LogP contribution in [0, 0.1) is 0 Å². The first kappa shape index (κ1) is 13.0. The molecule has 1 aliphatic rings. The minimum absolute atomic E-state index is 0.00896. The second kappa shape index (κ2) is 4.86. The first-order valence-electron chi connectivity index (χ1n) is 6.28. The molecule has 21 heavy (non-hydrogen) atoms. The SMILES string of the molecule is O=C(O)c1ccc2c(c1)C(=O)N(CCc1cnc[nH]1)C2=O. The van der Waals surface area contributed by atoms with E-state index in [1.807, 2.05) is 0 Å². The van der Waals surface area contributed by atoms with Gasteiger partial charge in [0.15, 0.2) is 0 Å². The van der Waals surface area contributed by atoms with Crippen LogP contribution in [-0.2, 0) is 6.42 Å². The molecule has 0 unspecified atom stereocenters. The van der Waals surface area contributed by atoms with Crippen LogP contribution in [-0.4, -0.2) is 44.3 Å². The number of aromatic amines is 1. The molecule has 2 heterocycles. The number of imidazole rings is 1. The lowest BCUT2D eigenvalue weighted by Crippen LogP contribution is -2.31. The Hall–Kier alpha value is -2.96. The highest BCUT2D eigenvalue weighted by atomic mass is 16.4. The van der Waals surface area contributed by atoms with E-state index >= 15 is 0 Å². The molecular formula is C14H11N3O4. The fourth-order valence-corrected chi connectivity index (χ4v) is 2.28. The smallest absolute Gasteiger partial charge is 0.335 e. The molecule has 1 aromatic carbocycles. The number of aromatic nitrogens is 2. The quantitative estimate of drug-likeness (QED) is 0.814. The second-order valence-corrected chi connectivity index (χ2v) is 4.65. The summed E-state index contributed by atoms with van der Waals surface area (Å²) in [6.07, 6.45) is 3.62. The number of hydrogen-bond acceptors (Lipinski definition) is 4. The molecule has 1 aliphatic heterocycles. The van der Waals surface area contributed by atoms with E-state index in [0.29, 0.717) is 6.42 Å². The average molecular weight is 285 g/mol. The van der Waals surface area contributed by atoms with Gasteiger partial charge < -0.3 is 10.1 Å². The van der Waals surface area contributed by atoms with E-state index in [2.05, 4.69) is 9.97 Å². The Morgan fingerprint density at radius 1 is 1.24 bits per heavy atom. The number of rotatable bonds is 4. The summed E-state index contributed by atoms with van der Waals surface area (Å²) in [4.78, 5) is 43.2. The number of nitrogens with one attached hydrogen (secondary N) is 1. The highest BCUT2D eigenvalue weighted by Crippen LogP contribution is 2.24. The van der Waals surface area contributed by atoms with E-state index in [-0.39, 0.29) is 23.2 Å². The highest BCUT2D eigenvalue weighted by molar-refractivity contribution is 6.21. The summed E-state index contributed by atoms with van der Waals surface area (Å²) in [6, 6.07) is 3.95. The maximum Gasteiger partial charge on any atom is 0.335 e. The third-order valence-corrected chi connectivity index (χ3v) is 3.38. The lowest BCUT2D eigenvalue weighted by atomic mass is 10.1. The molecule has 1 aromatic heterocycles. The van der Waals surface area contributed by atoms with E-state index < -0.39 is 17.8 Å². The average Bonchev–Trinajstić information content (AvgIpc) is 3.06. The van der Waals surface area contributed by atoms with Crippen molar-refractivity contribution >= 4 is 17.8 Å². The molecule has 3 rings (SSSR count). The summed E-state index contributed by atoms with van der Waals surface area (Å²) < 4.78 is 0. The van der Waals surface area contributed by atoms with Crippen LogP contribution in [0.4, 0.5) is 0 Å². The predicted molar refractivity (Wildman–Crippen MR) is 71.1 cm³/mol. The number of carbonyl (C=O) groups excluding carboxylic acids is 2. The number of nitrogens with zero attached hydrogens (tertiary/aromatic N) is 2. The number of carboxylic acids is 1. The Balaban J connectivity index is 1.84. The number of benzene rings is 1. The molecule has 2 aromatic rings. The first-order valence-corrected chi connectivity index (χ1v) is 6.28. The molecule has 0 aliphatic carbocycles. The minimum atomic E-state index is -1.13. The van der Waals surface area contributed by atoms with Crippen molar-refractivity contribution in [1.82, 2.24) is 14.9 Å². The number of aromatic carboxylic acids is 1. The summed E-state index contributed by atoms with van der Waals surface area (Å²) in [5, 5.41) is 8.94. The van der Waals surface area contributed by atoms with Crippen LogP contribution in [0.2, 0.25) is 0 Å². The Labute approximate surface area is 119 Å². The summed E-state index contributed by atoms with van der Waals surface area (Å²) in [5.41, 5.74) is 1.20. The van der Waals surface area contributed by atoms with Crippen LogP contribution in [0.15, 0.2) is 30.7 Å². The van der Waals surface area contributed by atoms with E-state index in [0.717, 1.165) is 10.6 Å². The summed E-state index contributed by atoms with van der Waals surface area (Å²) in [5.74, 6) is -1.99. The molecule has 0 saturated carbocycles. The third kappa shape index (κ3) is 2.18. The number of H-pyrrole nitrogens is 1. The number of imide groups is 1. The van der Waals surface area contributed by atoms with Crippen molar-refractivity contribution in [3.8, 4) is 0 Å². The van der Waals surface area contributed by atoms with Crippen LogP contribution in [0.25, 0.3) is 0 Å². The van der Waals surface area contributed by atoms with Gasteiger partial charge in [0, 0.05) is 24.9 Å². The van der Waals surface area contributed by atoms with Gasteiger partial charge in [0.25, 0.3) is 11.8 Å². The molecule has 2 N–H and O–H groups in total. The largest absolute Gasteiger partial charge is 0.478 e. The molecule has 0 radical (unpaired) electrons. The van der Waals surface area contributed by atoms with Crippen molar-refractivity contribution in [2.75, 3.05) is 6.54 Å². The molecule has 0 bridgehead atoms. The molecule has 2 amide bonds. The summed E-state index contributed by atoms with van der Waals surface area (Å²) in [7, 11) is 0. The van der Waals surface area contributed by atoms with Gasteiger partial charge >= 0.3 is 5.97 Å². The van der Waals surface area contributed by atoms with E-state index in [1.165, 1.54) is 24.5 Å². The topological polar surface area (TPSA) is 103 Å². The van der Waals surface area contributed by atoms with Gasteiger partial charge in [-0.25, -0.2) is 9.78 Å². The van der Waals surface area contributed by atoms with Crippen LogP contribution in [0.3, 0.4) is 0 Å². The molecule has 7 heteroatoms. The van der Waals surface area contributed by atoms with Gasteiger partial charge in [-0.2, -0.15) is 0 Å². The van der Waals surface area contributed by atoms with Crippen molar-refractivity contribution < 1.29 is 19.5 Å². The minimum Gasteiger partial charge on any atom is -0.478 e. The third-order valence-electron chi connectivity index (χ3n) is 3.38. The predicted octanol–water partition coefficient (Wildman–Crippen LogP) is 0.947. The van der Waals surface area contributed by atoms with Gasteiger partial charge in [-0.1, -0.05) is 0 Å². The standard InChI is InChI=1S/C14H11N3O4/c18-12-10-2-1-8(14(20)21)5-11(10)13(19)17(12)4-3-9-6-15-7-16-9/h1-2,5-7H,3-4H2,(H,15,16)(H,20,21). The fourth-order valence-electron chi connectivity index (χ4n) is 2.28. The van der Waals surface area contributed by atoms with Crippen molar-refractivity contribution in [2.24, 2.45) is 0 Å². The zero-order valence-electron chi connectivity index (χ0n) is 10.9. The van der Waals surface area contributed by atoms with E-state index in [4.69, 9.17) is 5.11 Å². The Bertz CT molecular complexity index is 737. The Morgan fingerprint density at radius 3 is 2.67 bits per heavy atom. The number of carboxylic acid groups (broad SMARTS) is 1. The number of carbonyl (C=O) groups is 3. The van der Waals surface area contributed by atoms with Crippen LogP contribution >= 0.6 is 0 Å². The van der Waals surface area contributed by atoms with Crippen LogP contribution in [0.1, 0.15) is 36.8 Å². The first-order chi connectivity index (χ1) is 10.1. The fraction of sp³-hybridized carbons (Fsp3) is 0.143. The van der Waals surface area contributed by atoms with E-state index in [9.17, 15) is 14.4 Å². The lowest BCUT2D eigenvalue weighted by molar-refractivity contribution is 0.0654. The summed E-state index contributed by atoms with van der Waals surface area (Å²) >= 11 is 0. The zero-order valence-corrected chi connectivity index (χ0v) is 10.9. The zero-order chi connectivity index (χ0) is 15.0. The Morgan fingerprint density at radius 2 is 2.00 bits per heavy atom. The number of amides is 2. The molecule has 0 saturated heterocycles. The number of fused-ring (bicyclic) bond motifs is 1. The van der Waals surface area contributed by atoms with Gasteiger partial charge in [-0.05, 0) is 18.2 Å². The highest BCUT2D eigenvalue weighted by Gasteiger charge is 2.35. The van der Waals surface area contributed by atoms with Crippen LogP contribution < -0.4 is 0 Å². The van der Waals surface area contributed by atoms with Crippen molar-refractivity contribution in [3.63, 3.8) is 0 Å². The summed E-state index contributed by atoms with van der Waals surface area (Å²) in [6.45, 7) is 0.219. The maximum atomic E-state index is 12.2. The van der Waals surface area contributed by atoms with Crippen LogP contribution in [0.5, 0.6) is 0 Å². The molecule has 106 valence electrons. The van der Waals surface area contributed by atoms with E-state index in [1.54, 1.807) is 6.20 Å². The van der Waals surface area contributed by atoms with Gasteiger partial charge in [0.1, 0.15) is 0 Å². The molecule has 0 atom stereocenters. The van der Waals surface area contributed by atoms with Crippen molar-refractivity contribution in [2.45, 2.75) is 6.42 Å². The molecule has 7 nitrogen and oxygen atoms in total. The number of hydrogen-bond donors (Lipinski definition) is 2. The maximum absolute atomic E-state index is 12.2. The van der Waals surface area contributed by atoms with Gasteiger partial charge in [0.05, 0.1) is 23.0 Å². The Kier molecular flexibility index (Phi) is 3.02. The van der Waals surface area contributed by atoms with Crippen molar-refractivity contribution in [3.05, 3.63) is 53.1 Å². The van der Waals surface area contributed by atoms with Gasteiger partial charge in [0.2, 0.25) is 0 Å². The lowest BCUT2D eigenvalue weighted by Gasteiger charge is -2.12. The second-order valence-electron chi connectivity index (χ2n) is 4.65. The van der Waals surface area contributed by atoms with Gasteiger partial charge in [-0.3, -0.25) is 14.5 Å². The molecule has 0 spiro atoms. The normalized spacial score (nSPS) is 13.6. The molecule has 0 fully saturated rings. The van der Waals surface area contributed by atoms with Crippen molar-refractivity contribution in [1.29, 1.82) is 0 Å². The molecular weight excluding hydrogens is 274 g/mol. The monoisotopic (exact) mass is 285 g/mol.